The summed E-state index contributed by atoms with van der Waals surface area (Å²) in [5.74, 6) is 2.30. The van der Waals surface area contributed by atoms with Crippen LogP contribution in [-0.2, 0) is 0 Å². The van der Waals surface area contributed by atoms with Gasteiger partial charge in [0.25, 0.3) is 0 Å². The molecule has 0 aliphatic heterocycles. The molecule has 3 aromatic carbocycles. The summed E-state index contributed by atoms with van der Waals surface area (Å²) in [6, 6.07) is 30.8. The van der Waals surface area contributed by atoms with Crippen molar-refractivity contribution in [3.63, 3.8) is 0 Å². The van der Waals surface area contributed by atoms with E-state index in [2.05, 4.69) is 90.8 Å². The fraction of sp³-hybridized carbons (Fsp3) is 0.0526. The normalized spacial score (nSPS) is 10.8. The summed E-state index contributed by atoms with van der Waals surface area (Å²) in [6.45, 7) is 0. The van der Waals surface area contributed by atoms with Gasteiger partial charge in [0.05, 0.1) is 0 Å². The second-order valence-electron chi connectivity index (χ2n) is 4.68. The maximum absolute atomic E-state index is 2.31. The predicted molar refractivity (Wildman–Crippen MR) is 96.4 cm³/mol. The molecule has 0 N–H and O–H groups in total. The monoisotopic (exact) mass is 356 g/mol. The molecule has 0 unspecified atom stereocenters. The third-order valence-electron chi connectivity index (χ3n) is 3.35. The molecule has 0 spiro atoms. The molecule has 0 radical (unpaired) electrons. The van der Waals surface area contributed by atoms with E-state index in [1.165, 1.54) is 20.4 Å². The minimum atomic E-state index is -0.457. The first-order valence-corrected chi connectivity index (χ1v) is 10.8. The zero-order valence-corrected chi connectivity index (χ0v) is 14.5. The van der Waals surface area contributed by atoms with Gasteiger partial charge in [0.1, 0.15) is 0 Å². The quantitative estimate of drug-likeness (QED) is 0.499. The molecule has 3 aromatic rings. The van der Waals surface area contributed by atoms with Crippen molar-refractivity contribution in [3.05, 3.63) is 84.9 Å². The maximum atomic E-state index is 2.31. The van der Waals surface area contributed by atoms with Crippen LogP contribution in [0.4, 0.5) is 0 Å². The van der Waals surface area contributed by atoms with Gasteiger partial charge in [0, 0.05) is 0 Å². The van der Waals surface area contributed by atoms with Crippen molar-refractivity contribution < 1.29 is 0 Å². The molecule has 0 bridgehead atoms. The Morgan fingerprint density at radius 2 is 1.10 bits per heavy atom. The van der Waals surface area contributed by atoms with Gasteiger partial charge in [-0.25, -0.2) is 0 Å². The Bertz CT molecular complexity index is 656. The Balaban J connectivity index is 2.17. The fourth-order valence-corrected chi connectivity index (χ4v) is 6.80. The van der Waals surface area contributed by atoms with Crippen molar-refractivity contribution in [2.24, 2.45) is 0 Å². The molecule has 0 nitrogen and oxygen atoms in total. The Morgan fingerprint density at radius 3 is 1.62 bits per heavy atom. The molecule has 21 heavy (non-hydrogen) atoms. The molecular weight excluding hydrogens is 338 g/mol. The van der Waals surface area contributed by atoms with Gasteiger partial charge >= 0.3 is 134 Å². The van der Waals surface area contributed by atoms with E-state index in [-0.39, 0.29) is 0 Å². The van der Waals surface area contributed by atoms with Crippen LogP contribution in [0.1, 0.15) is 0 Å². The van der Waals surface area contributed by atoms with E-state index in [9.17, 15) is 0 Å². The summed E-state index contributed by atoms with van der Waals surface area (Å²) in [7, 11) is -0.457. The molecule has 0 atom stereocenters. The first kappa shape index (κ1) is 14.5. The number of rotatable bonds is 4. The molecule has 104 valence electrons. The van der Waals surface area contributed by atoms with Gasteiger partial charge in [-0.1, -0.05) is 0 Å². The molecule has 0 saturated heterocycles. The molecule has 0 aromatic heterocycles. The summed E-state index contributed by atoms with van der Waals surface area (Å²) in [5, 5.41) is 4.36. The second-order valence-corrected chi connectivity index (χ2v) is 8.64. The first-order valence-electron chi connectivity index (χ1n) is 6.93. The van der Waals surface area contributed by atoms with Gasteiger partial charge in [-0.3, -0.25) is 0 Å². The fourth-order valence-electron chi connectivity index (χ4n) is 2.40. The third kappa shape index (κ3) is 3.27. The van der Waals surface area contributed by atoms with E-state index >= 15 is 0 Å². The van der Waals surface area contributed by atoms with E-state index in [4.69, 9.17) is 0 Å². The molecular formula is C19H17PSe. The SMILES string of the molecule is C[Se]c1ccccc1P(c1ccccc1)c1ccccc1. The Kier molecular flexibility index (Phi) is 4.88. The van der Waals surface area contributed by atoms with Crippen molar-refractivity contribution in [3.8, 4) is 0 Å². The van der Waals surface area contributed by atoms with Crippen molar-refractivity contribution in [2.75, 3.05) is 0 Å². The molecule has 2 heteroatoms. The van der Waals surface area contributed by atoms with Crippen LogP contribution in [0.15, 0.2) is 84.9 Å². The standard InChI is InChI=1S/C19H17PSe/c1-21-19-15-9-8-14-18(19)20(16-10-4-2-5-11-16)17-12-6-3-7-13-17/h2-15H,1H3. The summed E-state index contributed by atoms with van der Waals surface area (Å²) in [6.07, 6.45) is 0. The Labute approximate surface area is 134 Å². The molecule has 0 amide bonds. The molecule has 0 heterocycles. The van der Waals surface area contributed by atoms with Crippen LogP contribution < -0.4 is 20.4 Å². The minimum absolute atomic E-state index is 0.457. The van der Waals surface area contributed by atoms with Gasteiger partial charge in [0.15, 0.2) is 0 Å². The van der Waals surface area contributed by atoms with Crippen molar-refractivity contribution in [2.45, 2.75) is 5.82 Å². The van der Waals surface area contributed by atoms with Crippen LogP contribution in [0.25, 0.3) is 0 Å². The van der Waals surface area contributed by atoms with Crippen LogP contribution in [0.2, 0.25) is 5.82 Å². The van der Waals surface area contributed by atoms with Crippen molar-refractivity contribution >= 4 is 43.3 Å². The summed E-state index contributed by atoms with van der Waals surface area (Å²) >= 11 is 0.515. The van der Waals surface area contributed by atoms with Crippen LogP contribution >= 0.6 is 7.92 Å². The average Bonchev–Trinajstić information content (AvgIpc) is 2.58. The van der Waals surface area contributed by atoms with E-state index in [1.807, 2.05) is 0 Å². The van der Waals surface area contributed by atoms with Crippen LogP contribution in [0.5, 0.6) is 0 Å². The van der Waals surface area contributed by atoms with E-state index in [1.54, 1.807) is 0 Å². The van der Waals surface area contributed by atoms with Gasteiger partial charge in [-0.15, -0.1) is 0 Å². The summed E-state index contributed by atoms with van der Waals surface area (Å²) in [5.41, 5.74) is 0. The number of hydrogen-bond acceptors (Lipinski definition) is 0. The van der Waals surface area contributed by atoms with E-state index in [0.717, 1.165) is 0 Å². The van der Waals surface area contributed by atoms with Gasteiger partial charge in [0.2, 0.25) is 0 Å². The molecule has 0 aliphatic rings. The van der Waals surface area contributed by atoms with Gasteiger partial charge in [-0.2, -0.15) is 0 Å². The zero-order valence-electron chi connectivity index (χ0n) is 11.9. The summed E-state index contributed by atoms with van der Waals surface area (Å²) < 4.78 is 1.52. The van der Waals surface area contributed by atoms with Crippen LogP contribution in [0, 0.1) is 0 Å². The van der Waals surface area contributed by atoms with E-state index in [0.29, 0.717) is 15.0 Å². The molecule has 0 aliphatic carbocycles. The second kappa shape index (κ2) is 7.05. The van der Waals surface area contributed by atoms with Gasteiger partial charge < -0.3 is 0 Å². The molecule has 0 saturated carbocycles. The predicted octanol–water partition coefficient (Wildman–Crippen LogP) is 2.82. The zero-order chi connectivity index (χ0) is 14.5. The van der Waals surface area contributed by atoms with Crippen LogP contribution in [0.3, 0.4) is 0 Å². The molecule has 0 fully saturated rings. The van der Waals surface area contributed by atoms with Gasteiger partial charge in [-0.05, 0) is 0 Å². The average molecular weight is 355 g/mol. The Hall–Kier alpha value is -1.39. The Morgan fingerprint density at radius 1 is 0.619 bits per heavy atom. The number of benzene rings is 3. The number of hydrogen-bond donors (Lipinski definition) is 0. The summed E-state index contributed by atoms with van der Waals surface area (Å²) in [4.78, 5) is 0. The van der Waals surface area contributed by atoms with Crippen LogP contribution in [-0.4, -0.2) is 15.0 Å². The topological polar surface area (TPSA) is 0 Å². The van der Waals surface area contributed by atoms with Crippen molar-refractivity contribution in [1.29, 1.82) is 0 Å². The third-order valence-corrected chi connectivity index (χ3v) is 7.87. The first-order chi connectivity index (χ1) is 10.4. The van der Waals surface area contributed by atoms with Crippen molar-refractivity contribution in [1.82, 2.24) is 0 Å². The van der Waals surface area contributed by atoms with E-state index < -0.39 is 7.92 Å². The molecule has 3 rings (SSSR count).